The second-order valence-electron chi connectivity index (χ2n) is 8.49. The lowest BCUT2D eigenvalue weighted by Crippen LogP contribution is -2.14. The fraction of sp³-hybridized carbons (Fsp3) is 0.680. The highest BCUT2D eigenvalue weighted by atomic mass is 16.5. The van der Waals surface area contributed by atoms with Crippen molar-refractivity contribution < 1.29 is 19.4 Å². The van der Waals surface area contributed by atoms with E-state index in [0.29, 0.717) is 31.0 Å². The molecule has 1 aromatic rings. The number of rotatable bonds is 13. The summed E-state index contributed by atoms with van der Waals surface area (Å²) in [5.74, 6) is 0.731. The maximum atomic E-state index is 12.4. The van der Waals surface area contributed by atoms with Crippen molar-refractivity contribution in [1.29, 1.82) is 0 Å². The fourth-order valence-corrected chi connectivity index (χ4v) is 4.47. The average molecular weight is 403 g/mol. The summed E-state index contributed by atoms with van der Waals surface area (Å²) in [5.41, 5.74) is 2.43. The van der Waals surface area contributed by atoms with Crippen molar-refractivity contribution in [2.24, 2.45) is 5.92 Å². The lowest BCUT2D eigenvalue weighted by molar-refractivity contribution is -0.140. The minimum atomic E-state index is -0.263. The molecule has 2 rings (SSSR count). The van der Waals surface area contributed by atoms with Gasteiger partial charge in [-0.2, -0.15) is 0 Å². The van der Waals surface area contributed by atoms with Crippen LogP contribution in [0.1, 0.15) is 94.6 Å². The Kier molecular flexibility index (Phi) is 10.4. The zero-order valence-corrected chi connectivity index (χ0v) is 18.2. The number of carbonyl (C=O) groups is 2. The zero-order valence-electron chi connectivity index (χ0n) is 18.2. The molecule has 1 aliphatic carbocycles. The molecule has 4 heteroatoms. The molecule has 1 saturated carbocycles. The van der Waals surface area contributed by atoms with E-state index in [0.717, 1.165) is 57.8 Å². The Hall–Kier alpha value is -1.68. The second kappa shape index (κ2) is 12.8. The molecule has 0 radical (unpaired) electrons. The first-order chi connectivity index (χ1) is 14.0. The number of carbonyl (C=O) groups excluding carboxylic acids is 2. The Morgan fingerprint density at radius 1 is 1.14 bits per heavy atom. The molecule has 0 saturated heterocycles. The Bertz CT molecular complexity index is 622. The number of unbranched alkanes of at least 4 members (excludes halogenated alkanes) is 4. The van der Waals surface area contributed by atoms with Gasteiger partial charge < -0.3 is 9.84 Å². The van der Waals surface area contributed by atoms with Gasteiger partial charge in [-0.25, -0.2) is 0 Å². The maximum Gasteiger partial charge on any atom is 0.305 e. The summed E-state index contributed by atoms with van der Waals surface area (Å²) in [5, 5.41) is 10.1. The Balaban J connectivity index is 1.80. The summed E-state index contributed by atoms with van der Waals surface area (Å²) in [6, 6.07) is 8.57. The van der Waals surface area contributed by atoms with Crippen LogP contribution in [0.15, 0.2) is 24.3 Å². The molecule has 0 aliphatic heterocycles. The van der Waals surface area contributed by atoms with Crippen molar-refractivity contribution in [3.8, 4) is 0 Å². The van der Waals surface area contributed by atoms with Crippen LogP contribution in [0.5, 0.6) is 0 Å². The summed E-state index contributed by atoms with van der Waals surface area (Å²) < 4.78 is 4.66. The number of Topliss-reactive ketones (excluding diaryl/α,β-unsaturated/α-hetero) is 1. The number of hydrogen-bond acceptors (Lipinski definition) is 4. The molecule has 1 N–H and O–H groups in total. The van der Waals surface area contributed by atoms with E-state index in [2.05, 4.69) is 35.9 Å². The van der Waals surface area contributed by atoms with E-state index in [1.807, 2.05) is 0 Å². The van der Waals surface area contributed by atoms with Crippen molar-refractivity contribution >= 4 is 11.8 Å². The third-order valence-corrected chi connectivity index (χ3v) is 6.24. The van der Waals surface area contributed by atoms with Gasteiger partial charge >= 0.3 is 5.97 Å². The number of aliphatic hydroxyl groups excluding tert-OH is 1. The van der Waals surface area contributed by atoms with Crippen molar-refractivity contribution in [2.75, 3.05) is 7.11 Å². The number of esters is 1. The van der Waals surface area contributed by atoms with Crippen LogP contribution in [-0.2, 0) is 20.7 Å². The number of ketones is 1. The van der Waals surface area contributed by atoms with Crippen LogP contribution in [0, 0.1) is 5.92 Å². The van der Waals surface area contributed by atoms with Gasteiger partial charge in [0.2, 0.25) is 0 Å². The molecule has 4 nitrogen and oxygen atoms in total. The highest BCUT2D eigenvalue weighted by molar-refractivity contribution is 5.84. The van der Waals surface area contributed by atoms with E-state index in [9.17, 15) is 14.7 Å². The number of aliphatic hydroxyl groups is 1. The summed E-state index contributed by atoms with van der Waals surface area (Å²) in [6.45, 7) is 2.14. The molecule has 1 aromatic carbocycles. The normalized spacial score (nSPS) is 20.0. The van der Waals surface area contributed by atoms with Gasteiger partial charge in [0.05, 0.1) is 13.2 Å². The fourth-order valence-electron chi connectivity index (χ4n) is 4.47. The average Bonchev–Trinajstić information content (AvgIpc) is 3.09. The minimum absolute atomic E-state index is 0.136. The Morgan fingerprint density at radius 2 is 1.86 bits per heavy atom. The lowest BCUT2D eigenvalue weighted by Gasteiger charge is -2.19. The van der Waals surface area contributed by atoms with Gasteiger partial charge in [-0.3, -0.25) is 9.59 Å². The second-order valence-corrected chi connectivity index (χ2v) is 8.49. The van der Waals surface area contributed by atoms with Crippen LogP contribution >= 0.6 is 0 Å². The summed E-state index contributed by atoms with van der Waals surface area (Å²) in [4.78, 5) is 23.6. The van der Waals surface area contributed by atoms with Crippen LogP contribution in [-0.4, -0.2) is 30.1 Å². The van der Waals surface area contributed by atoms with Crippen molar-refractivity contribution in [3.63, 3.8) is 0 Å². The van der Waals surface area contributed by atoms with Crippen LogP contribution in [0.2, 0.25) is 0 Å². The maximum absolute atomic E-state index is 12.4. The topological polar surface area (TPSA) is 63.6 Å². The van der Waals surface area contributed by atoms with Gasteiger partial charge in [-0.05, 0) is 49.1 Å². The summed E-state index contributed by atoms with van der Waals surface area (Å²) in [6.07, 6.45) is 10.5. The van der Waals surface area contributed by atoms with E-state index in [1.54, 1.807) is 0 Å². The largest absolute Gasteiger partial charge is 0.469 e. The highest BCUT2D eigenvalue weighted by Crippen LogP contribution is 2.40. The van der Waals surface area contributed by atoms with Gasteiger partial charge in [-0.15, -0.1) is 0 Å². The molecule has 0 bridgehead atoms. The molecule has 0 heterocycles. The van der Waals surface area contributed by atoms with Crippen molar-refractivity contribution in [1.82, 2.24) is 0 Å². The molecule has 1 fully saturated rings. The first kappa shape index (κ1) is 23.6. The lowest BCUT2D eigenvalue weighted by atomic mass is 9.84. The van der Waals surface area contributed by atoms with E-state index >= 15 is 0 Å². The molecule has 3 unspecified atom stereocenters. The third-order valence-electron chi connectivity index (χ3n) is 6.24. The van der Waals surface area contributed by atoms with Crippen molar-refractivity contribution in [3.05, 3.63) is 35.4 Å². The number of benzene rings is 1. The van der Waals surface area contributed by atoms with Gasteiger partial charge in [0, 0.05) is 18.8 Å². The monoisotopic (exact) mass is 402 g/mol. The molecular weight excluding hydrogens is 364 g/mol. The van der Waals surface area contributed by atoms with Crippen LogP contribution < -0.4 is 0 Å². The van der Waals surface area contributed by atoms with E-state index in [1.165, 1.54) is 18.2 Å². The summed E-state index contributed by atoms with van der Waals surface area (Å²) >= 11 is 0. The van der Waals surface area contributed by atoms with E-state index in [-0.39, 0.29) is 18.0 Å². The molecule has 162 valence electrons. The van der Waals surface area contributed by atoms with Crippen LogP contribution in [0.4, 0.5) is 0 Å². The predicted molar refractivity (Wildman–Crippen MR) is 116 cm³/mol. The predicted octanol–water partition coefficient (Wildman–Crippen LogP) is 5.36. The Labute approximate surface area is 176 Å². The number of hydrogen-bond donors (Lipinski definition) is 1. The zero-order chi connectivity index (χ0) is 21.1. The molecule has 3 atom stereocenters. The number of methoxy groups -OCH3 is 1. The molecular formula is C25H38O4. The minimum Gasteiger partial charge on any atom is -0.469 e. The van der Waals surface area contributed by atoms with E-state index < -0.39 is 0 Å². The van der Waals surface area contributed by atoms with Gasteiger partial charge in [-0.1, -0.05) is 63.3 Å². The third kappa shape index (κ3) is 7.93. The summed E-state index contributed by atoms with van der Waals surface area (Å²) in [7, 11) is 1.43. The molecule has 1 aliphatic rings. The van der Waals surface area contributed by atoms with Gasteiger partial charge in [0.25, 0.3) is 0 Å². The molecule has 0 spiro atoms. The molecule has 0 aromatic heterocycles. The van der Waals surface area contributed by atoms with Crippen LogP contribution in [0.25, 0.3) is 0 Å². The number of ether oxygens (including phenoxy) is 1. The van der Waals surface area contributed by atoms with Gasteiger partial charge in [0.15, 0.2) is 0 Å². The first-order valence-electron chi connectivity index (χ1n) is 11.4. The highest BCUT2D eigenvalue weighted by Gasteiger charge is 2.34. The Morgan fingerprint density at radius 3 is 2.55 bits per heavy atom. The first-order valence-corrected chi connectivity index (χ1v) is 11.4. The van der Waals surface area contributed by atoms with Gasteiger partial charge in [0.1, 0.15) is 5.78 Å². The molecule has 29 heavy (non-hydrogen) atoms. The SMILES string of the molecule is CCCCC(O)Cc1ccc(C2CCC(=O)C2CCCCCCC(=O)OC)cc1. The standard InChI is InChI=1S/C25H38O4/c1-3-4-9-21(26)18-19-12-14-20(15-13-19)22-16-17-24(27)23(22)10-7-5-6-8-11-25(28)29-2/h12-15,21-23,26H,3-11,16-18H2,1-2H3. The van der Waals surface area contributed by atoms with E-state index in [4.69, 9.17) is 0 Å². The van der Waals surface area contributed by atoms with Crippen LogP contribution in [0.3, 0.4) is 0 Å². The quantitative estimate of drug-likeness (QED) is 0.356. The van der Waals surface area contributed by atoms with Crippen molar-refractivity contribution in [2.45, 2.75) is 96.0 Å². The smallest absolute Gasteiger partial charge is 0.305 e. The molecule has 0 amide bonds.